The minimum atomic E-state index is 0.332. The van der Waals surface area contributed by atoms with Crippen LogP contribution in [-0.4, -0.2) is 34.4 Å². The Balaban J connectivity index is 1.70. The monoisotopic (exact) mass is 427 g/mol. The highest BCUT2D eigenvalue weighted by Gasteiger charge is 2.20. The molecule has 2 aromatic heterocycles. The Bertz CT molecular complexity index is 1320. The Kier molecular flexibility index (Phi) is 5.16. The summed E-state index contributed by atoms with van der Waals surface area (Å²) in [6.45, 7) is 7.45. The van der Waals surface area contributed by atoms with Gasteiger partial charge in [-0.2, -0.15) is 5.26 Å². The van der Waals surface area contributed by atoms with Crippen molar-refractivity contribution in [3.63, 3.8) is 0 Å². The summed E-state index contributed by atoms with van der Waals surface area (Å²) in [5, 5.41) is 17.1. The summed E-state index contributed by atoms with van der Waals surface area (Å²) in [7, 11) is 0. The van der Waals surface area contributed by atoms with Gasteiger partial charge in [0.25, 0.3) is 0 Å². The second-order valence-corrected chi connectivity index (χ2v) is 8.38. The van der Waals surface area contributed by atoms with Gasteiger partial charge in [-0.3, -0.25) is 0 Å². The van der Waals surface area contributed by atoms with E-state index in [1.54, 1.807) is 0 Å². The second-order valence-electron chi connectivity index (χ2n) is 8.38. The molecule has 1 aliphatic rings. The molecule has 7 heteroatoms. The highest BCUT2D eigenvalue weighted by atomic mass is 16.5. The SMILES string of the molecule is Cc1ccc(C#N)cc1-c1cc(-c2c(C)noc2C)cc2[nH]c(NC3CCOCC3)nc12. The predicted octanol–water partition coefficient (Wildman–Crippen LogP) is 5.27. The number of ether oxygens (including phenoxy) is 1. The molecule has 2 aromatic carbocycles. The van der Waals surface area contributed by atoms with E-state index in [0.717, 1.165) is 82.3 Å². The van der Waals surface area contributed by atoms with E-state index in [-0.39, 0.29) is 0 Å². The lowest BCUT2D eigenvalue weighted by Gasteiger charge is -2.22. The second kappa shape index (κ2) is 8.13. The van der Waals surface area contributed by atoms with Gasteiger partial charge in [-0.05, 0) is 74.6 Å². The zero-order valence-electron chi connectivity index (χ0n) is 18.5. The maximum absolute atomic E-state index is 9.46. The number of hydrogen-bond donors (Lipinski definition) is 2. The Morgan fingerprint density at radius 3 is 2.62 bits per heavy atom. The van der Waals surface area contributed by atoms with Crippen LogP contribution < -0.4 is 5.32 Å². The molecular weight excluding hydrogens is 402 g/mol. The van der Waals surface area contributed by atoms with Gasteiger partial charge in [0.15, 0.2) is 0 Å². The van der Waals surface area contributed by atoms with Gasteiger partial charge in [-0.15, -0.1) is 0 Å². The number of H-pyrrole nitrogens is 1. The number of fused-ring (bicyclic) bond motifs is 1. The van der Waals surface area contributed by atoms with Crippen LogP contribution >= 0.6 is 0 Å². The molecule has 5 rings (SSSR count). The van der Waals surface area contributed by atoms with Crippen molar-refractivity contribution >= 4 is 17.0 Å². The Morgan fingerprint density at radius 1 is 1.09 bits per heavy atom. The largest absolute Gasteiger partial charge is 0.381 e. The van der Waals surface area contributed by atoms with Crippen molar-refractivity contribution in [2.75, 3.05) is 18.5 Å². The van der Waals surface area contributed by atoms with Crippen molar-refractivity contribution in [3.05, 3.63) is 52.9 Å². The first-order valence-electron chi connectivity index (χ1n) is 10.9. The third-order valence-electron chi connectivity index (χ3n) is 6.13. The maximum atomic E-state index is 9.46. The van der Waals surface area contributed by atoms with Crippen molar-refractivity contribution in [3.8, 4) is 28.3 Å². The zero-order valence-corrected chi connectivity index (χ0v) is 18.5. The maximum Gasteiger partial charge on any atom is 0.201 e. The predicted molar refractivity (Wildman–Crippen MR) is 123 cm³/mol. The van der Waals surface area contributed by atoms with Crippen molar-refractivity contribution in [1.29, 1.82) is 5.26 Å². The number of anilines is 1. The molecule has 7 nitrogen and oxygen atoms in total. The summed E-state index contributed by atoms with van der Waals surface area (Å²) < 4.78 is 10.9. The Hall–Kier alpha value is -3.63. The molecule has 0 amide bonds. The lowest BCUT2D eigenvalue weighted by atomic mass is 9.93. The van der Waals surface area contributed by atoms with E-state index >= 15 is 0 Å². The van der Waals surface area contributed by atoms with E-state index in [0.29, 0.717) is 11.6 Å². The summed E-state index contributed by atoms with van der Waals surface area (Å²) in [5.74, 6) is 1.52. The minimum Gasteiger partial charge on any atom is -0.381 e. The first kappa shape index (κ1) is 20.3. The Labute approximate surface area is 186 Å². The van der Waals surface area contributed by atoms with Crippen LogP contribution in [-0.2, 0) is 4.74 Å². The molecule has 0 aliphatic carbocycles. The normalized spacial score (nSPS) is 14.6. The lowest BCUT2D eigenvalue weighted by molar-refractivity contribution is 0.0903. The molecular formula is C25H25N5O2. The molecule has 1 aliphatic heterocycles. The number of aryl methyl sites for hydroxylation is 3. The van der Waals surface area contributed by atoms with Gasteiger partial charge < -0.3 is 19.6 Å². The molecule has 0 saturated carbocycles. The van der Waals surface area contributed by atoms with E-state index in [1.165, 1.54) is 0 Å². The van der Waals surface area contributed by atoms with Crippen LogP contribution in [0.25, 0.3) is 33.3 Å². The molecule has 0 atom stereocenters. The van der Waals surface area contributed by atoms with Gasteiger partial charge in [0, 0.05) is 30.4 Å². The lowest BCUT2D eigenvalue weighted by Crippen LogP contribution is -2.28. The number of nitrogens with one attached hydrogen (secondary N) is 2. The summed E-state index contributed by atoms with van der Waals surface area (Å²) in [5.41, 5.74) is 8.30. The first-order valence-corrected chi connectivity index (χ1v) is 10.9. The third-order valence-corrected chi connectivity index (χ3v) is 6.13. The number of imidazole rings is 1. The average Bonchev–Trinajstić information content (AvgIpc) is 3.36. The van der Waals surface area contributed by atoms with Gasteiger partial charge in [0.1, 0.15) is 5.76 Å². The van der Waals surface area contributed by atoms with Crippen molar-refractivity contribution < 1.29 is 9.26 Å². The van der Waals surface area contributed by atoms with Gasteiger partial charge in [0.05, 0.1) is 28.4 Å². The number of benzene rings is 2. The van der Waals surface area contributed by atoms with Crippen molar-refractivity contribution in [1.82, 2.24) is 15.1 Å². The Morgan fingerprint density at radius 2 is 1.91 bits per heavy atom. The van der Waals surface area contributed by atoms with Crippen LogP contribution in [0.3, 0.4) is 0 Å². The smallest absolute Gasteiger partial charge is 0.201 e. The molecule has 0 unspecified atom stereocenters. The fraction of sp³-hybridized carbons (Fsp3) is 0.320. The molecule has 3 heterocycles. The van der Waals surface area contributed by atoms with Gasteiger partial charge in [0.2, 0.25) is 5.95 Å². The highest BCUT2D eigenvalue weighted by molar-refractivity contribution is 5.98. The van der Waals surface area contributed by atoms with Crippen LogP contribution in [0.5, 0.6) is 0 Å². The number of nitrogens with zero attached hydrogens (tertiary/aromatic N) is 3. The minimum absolute atomic E-state index is 0.332. The molecule has 1 saturated heterocycles. The number of nitriles is 1. The van der Waals surface area contributed by atoms with E-state index in [1.807, 2.05) is 32.0 Å². The average molecular weight is 428 g/mol. The summed E-state index contributed by atoms with van der Waals surface area (Å²) in [6, 6.07) is 12.6. The molecule has 0 radical (unpaired) electrons. The quantitative estimate of drug-likeness (QED) is 0.460. The molecule has 0 spiro atoms. The molecule has 32 heavy (non-hydrogen) atoms. The number of hydrogen-bond acceptors (Lipinski definition) is 6. The number of aromatic nitrogens is 3. The van der Waals surface area contributed by atoms with Crippen LogP contribution in [0.2, 0.25) is 0 Å². The van der Waals surface area contributed by atoms with E-state index in [9.17, 15) is 5.26 Å². The van der Waals surface area contributed by atoms with Gasteiger partial charge >= 0.3 is 0 Å². The standard InChI is InChI=1S/C25H25N5O2/c1-14-4-5-17(13-26)10-20(14)21-11-18(23-15(2)30-32-16(23)3)12-22-24(21)29-25(28-22)27-19-6-8-31-9-7-19/h4-5,10-12,19H,6-9H2,1-3H3,(H2,27,28,29). The van der Waals surface area contributed by atoms with Crippen molar-refractivity contribution in [2.45, 2.75) is 39.7 Å². The molecule has 0 bridgehead atoms. The van der Waals surface area contributed by atoms with E-state index in [4.69, 9.17) is 14.2 Å². The molecule has 2 N–H and O–H groups in total. The highest BCUT2D eigenvalue weighted by Crippen LogP contribution is 2.37. The zero-order chi connectivity index (χ0) is 22.2. The third kappa shape index (κ3) is 3.63. The number of aromatic amines is 1. The molecule has 162 valence electrons. The fourth-order valence-electron chi connectivity index (χ4n) is 4.45. The summed E-state index contributed by atoms with van der Waals surface area (Å²) in [4.78, 5) is 8.38. The topological polar surface area (TPSA) is 99.8 Å². The number of rotatable bonds is 4. The van der Waals surface area contributed by atoms with Gasteiger partial charge in [-0.25, -0.2) is 4.98 Å². The summed E-state index contributed by atoms with van der Waals surface area (Å²) in [6.07, 6.45) is 1.91. The molecule has 1 fully saturated rings. The van der Waals surface area contributed by atoms with Crippen molar-refractivity contribution in [2.24, 2.45) is 0 Å². The fourth-order valence-corrected chi connectivity index (χ4v) is 4.45. The van der Waals surface area contributed by atoms with E-state index < -0.39 is 0 Å². The summed E-state index contributed by atoms with van der Waals surface area (Å²) >= 11 is 0. The van der Waals surface area contributed by atoms with Crippen LogP contribution in [0.1, 0.15) is 35.4 Å². The van der Waals surface area contributed by atoms with Gasteiger partial charge in [-0.1, -0.05) is 11.2 Å². The van der Waals surface area contributed by atoms with E-state index in [2.05, 4.69) is 40.6 Å². The van der Waals surface area contributed by atoms with Crippen LogP contribution in [0, 0.1) is 32.1 Å². The molecule has 4 aromatic rings. The van der Waals surface area contributed by atoms with Crippen LogP contribution in [0.15, 0.2) is 34.9 Å². The van der Waals surface area contributed by atoms with Crippen LogP contribution in [0.4, 0.5) is 5.95 Å². The first-order chi connectivity index (χ1) is 15.5.